The number of amides is 3. The average Bonchev–Trinajstić information content (AvgIpc) is 3.73. The van der Waals surface area contributed by atoms with E-state index in [2.05, 4.69) is 44.0 Å². The summed E-state index contributed by atoms with van der Waals surface area (Å²) in [4.78, 5) is 57.2. The number of aromatic nitrogens is 3. The van der Waals surface area contributed by atoms with Gasteiger partial charge in [-0.3, -0.25) is 14.4 Å². The first-order chi connectivity index (χ1) is 27.6. The summed E-state index contributed by atoms with van der Waals surface area (Å²) >= 11 is 0. The Morgan fingerprint density at radius 2 is 1.65 bits per heavy atom. The highest BCUT2D eigenvalue weighted by molar-refractivity contribution is 5.95. The minimum atomic E-state index is -1.01. The molecule has 14 heteroatoms. The van der Waals surface area contributed by atoms with Crippen LogP contribution in [0.4, 0.5) is 21.5 Å². The van der Waals surface area contributed by atoms with Gasteiger partial charge in [-0.05, 0) is 82.1 Å². The third kappa shape index (κ3) is 12.2. The number of halogens is 1. The molecular formula is C43H58FN9O4. The lowest BCUT2D eigenvalue weighted by Crippen LogP contribution is -2.36. The third-order valence-electron chi connectivity index (χ3n) is 9.71. The second-order valence-corrected chi connectivity index (χ2v) is 14.4. The molecule has 57 heavy (non-hydrogen) atoms. The zero-order valence-corrected chi connectivity index (χ0v) is 33.9. The van der Waals surface area contributed by atoms with Gasteiger partial charge in [0.05, 0.1) is 41.0 Å². The number of anilines is 3. The van der Waals surface area contributed by atoms with Crippen LogP contribution in [0.15, 0.2) is 67.4 Å². The number of benzene rings is 2. The molecule has 13 nitrogen and oxygen atoms in total. The van der Waals surface area contributed by atoms with Crippen LogP contribution in [-0.4, -0.2) is 99.1 Å². The van der Waals surface area contributed by atoms with Crippen LogP contribution in [0.3, 0.4) is 0 Å². The second kappa shape index (κ2) is 22.2. The summed E-state index contributed by atoms with van der Waals surface area (Å²) in [6, 6.07) is 14.1. The highest BCUT2D eigenvalue weighted by atomic mass is 19.1. The van der Waals surface area contributed by atoms with Gasteiger partial charge in [-0.25, -0.2) is 13.9 Å². The van der Waals surface area contributed by atoms with Crippen LogP contribution < -0.4 is 31.1 Å². The fourth-order valence-electron chi connectivity index (χ4n) is 6.44. The fourth-order valence-corrected chi connectivity index (χ4v) is 6.44. The molecule has 0 aliphatic heterocycles. The number of nitrogens with one attached hydrogen (secondary N) is 4. The molecule has 1 aliphatic rings. The summed E-state index contributed by atoms with van der Waals surface area (Å²) in [5, 5.41) is 16.2. The van der Waals surface area contributed by atoms with E-state index in [9.17, 15) is 23.6 Å². The first-order valence-electron chi connectivity index (χ1n) is 19.7. The van der Waals surface area contributed by atoms with Crippen molar-refractivity contribution in [2.24, 2.45) is 0 Å². The van der Waals surface area contributed by atoms with Gasteiger partial charge in [-0.15, -0.1) is 6.58 Å². The normalized spacial score (nSPS) is 14.8. The second-order valence-electron chi connectivity index (χ2n) is 14.4. The Kier molecular flexibility index (Phi) is 17.2. The summed E-state index contributed by atoms with van der Waals surface area (Å²) in [7, 11) is 9.38. The van der Waals surface area contributed by atoms with Gasteiger partial charge in [0.25, 0.3) is 11.8 Å². The van der Waals surface area contributed by atoms with Gasteiger partial charge < -0.3 is 35.9 Å². The van der Waals surface area contributed by atoms with Gasteiger partial charge in [-0.1, -0.05) is 50.0 Å². The van der Waals surface area contributed by atoms with Crippen LogP contribution in [0, 0.1) is 0 Å². The molecule has 4 N–H and O–H groups in total. The van der Waals surface area contributed by atoms with E-state index in [0.29, 0.717) is 48.4 Å². The number of aldehydes is 1. The molecule has 0 radical (unpaired) electrons. The summed E-state index contributed by atoms with van der Waals surface area (Å²) < 4.78 is 14.8. The number of unbranched alkanes of at least 4 members (excludes halogenated alkanes) is 5. The van der Waals surface area contributed by atoms with Crippen molar-refractivity contribution in [2.75, 3.05) is 56.9 Å². The number of carbonyl (C=O) groups excluding carboxylic acids is 4. The Balaban J connectivity index is 0.00000232. The van der Waals surface area contributed by atoms with Crippen molar-refractivity contribution in [3.63, 3.8) is 0 Å². The number of allylic oxidation sites excluding steroid dienone is 1. The van der Waals surface area contributed by atoms with Crippen molar-refractivity contribution in [3.8, 4) is 11.3 Å². The van der Waals surface area contributed by atoms with Gasteiger partial charge in [0.2, 0.25) is 6.41 Å². The van der Waals surface area contributed by atoms with Crippen LogP contribution in [0.5, 0.6) is 0 Å². The molecule has 3 amide bonds. The molecule has 1 saturated carbocycles. The quantitative estimate of drug-likeness (QED) is 0.0428. The molecule has 1 fully saturated rings. The zero-order valence-electron chi connectivity index (χ0n) is 33.9. The van der Waals surface area contributed by atoms with Crippen molar-refractivity contribution in [3.05, 3.63) is 84.2 Å². The summed E-state index contributed by atoms with van der Waals surface area (Å²) in [5.41, 5.74) is 6.08. The average molecular weight is 784 g/mol. The van der Waals surface area contributed by atoms with E-state index in [4.69, 9.17) is 0 Å². The van der Waals surface area contributed by atoms with Crippen LogP contribution in [0.25, 0.3) is 16.9 Å². The van der Waals surface area contributed by atoms with Gasteiger partial charge in [0.1, 0.15) is 12.5 Å². The maximum atomic E-state index is 13.4. The SMILES string of the molecule is C=CCCC(C=O)N(C=O)c1ccc(CCCCCCCCNC(=O)c2ccc(-c3cc(NC)c4ncc(C(=O)N[C@@H]5C[C@@H]5F)n4n3)cc2)cc1N(C)C.CNC. The van der Waals surface area contributed by atoms with E-state index in [1.807, 2.05) is 63.4 Å². The Bertz CT molecular complexity index is 1950. The Hall–Kier alpha value is -5.63. The van der Waals surface area contributed by atoms with Crippen molar-refractivity contribution in [1.82, 2.24) is 30.5 Å². The smallest absolute Gasteiger partial charge is 0.271 e. The molecular weight excluding hydrogens is 726 g/mol. The molecule has 2 aromatic heterocycles. The lowest BCUT2D eigenvalue weighted by Gasteiger charge is -2.29. The number of fused-ring (bicyclic) bond motifs is 1. The van der Waals surface area contributed by atoms with Gasteiger partial charge in [0.15, 0.2) is 11.3 Å². The van der Waals surface area contributed by atoms with Crippen LogP contribution >= 0.6 is 0 Å². The molecule has 306 valence electrons. The number of carbonyl (C=O) groups is 4. The molecule has 0 saturated heterocycles. The molecule has 2 aromatic carbocycles. The molecule has 0 spiro atoms. The van der Waals surface area contributed by atoms with E-state index in [0.717, 1.165) is 74.6 Å². The number of alkyl halides is 1. The maximum absolute atomic E-state index is 13.4. The lowest BCUT2D eigenvalue weighted by atomic mass is 10.0. The van der Waals surface area contributed by atoms with Crippen LogP contribution in [-0.2, 0) is 16.0 Å². The van der Waals surface area contributed by atoms with Crippen molar-refractivity contribution >= 4 is 47.2 Å². The number of hydrogen-bond acceptors (Lipinski definition) is 9. The number of hydrogen-bond donors (Lipinski definition) is 4. The maximum Gasteiger partial charge on any atom is 0.271 e. The predicted octanol–water partition coefficient (Wildman–Crippen LogP) is 5.99. The molecule has 0 bridgehead atoms. The zero-order chi connectivity index (χ0) is 41.3. The fraction of sp³-hybridized carbons (Fsp3) is 0.442. The molecule has 3 atom stereocenters. The molecule has 1 unspecified atom stereocenters. The molecule has 5 rings (SSSR count). The van der Waals surface area contributed by atoms with E-state index in [-0.39, 0.29) is 11.6 Å². The van der Waals surface area contributed by atoms with E-state index < -0.39 is 24.2 Å². The molecule has 1 aliphatic carbocycles. The van der Waals surface area contributed by atoms with Crippen molar-refractivity contribution in [1.29, 1.82) is 0 Å². The largest absolute Gasteiger partial charge is 0.385 e. The first kappa shape index (κ1) is 44.1. The Morgan fingerprint density at radius 1 is 0.965 bits per heavy atom. The lowest BCUT2D eigenvalue weighted by molar-refractivity contribution is -0.113. The van der Waals surface area contributed by atoms with Crippen molar-refractivity contribution < 1.29 is 23.6 Å². The highest BCUT2D eigenvalue weighted by Crippen LogP contribution is 2.32. The summed E-state index contributed by atoms with van der Waals surface area (Å²) in [6.45, 7) is 4.32. The molecule has 4 aromatic rings. The van der Waals surface area contributed by atoms with Crippen LogP contribution in [0.1, 0.15) is 84.2 Å². The first-order valence-corrected chi connectivity index (χ1v) is 19.7. The van der Waals surface area contributed by atoms with E-state index in [1.54, 1.807) is 25.3 Å². The van der Waals surface area contributed by atoms with Crippen molar-refractivity contribution in [2.45, 2.75) is 82.5 Å². The van der Waals surface area contributed by atoms with E-state index in [1.165, 1.54) is 21.2 Å². The van der Waals surface area contributed by atoms with E-state index >= 15 is 0 Å². The van der Waals surface area contributed by atoms with Gasteiger partial charge in [-0.2, -0.15) is 5.10 Å². The standard InChI is InChI=1S/C41H51FN8O4.C2H7N/c1-5-6-14-31(26-51)49(27-52)36-20-15-28(22-37(36)48(3)4)13-11-9-7-8-10-12-21-44-40(53)30-18-16-29(17-19-30)33-24-35(43-2)39-45-25-38(50(39)47-33)41(54)46-34-23-32(34)42;1-3-2/h5,15-20,22,24-27,31-32,34,43H,1,6-14,21,23H2,2-4H3,(H,44,53)(H,46,54);3H,1-2H3/t31?,32-,34+;/m0./s1. The number of nitrogens with zero attached hydrogens (tertiary/aromatic N) is 5. The predicted molar refractivity (Wildman–Crippen MR) is 226 cm³/mol. The van der Waals surface area contributed by atoms with Crippen LogP contribution in [0.2, 0.25) is 0 Å². The third-order valence-corrected chi connectivity index (χ3v) is 9.71. The topological polar surface area (TPSA) is 153 Å². The highest BCUT2D eigenvalue weighted by Gasteiger charge is 2.39. The summed E-state index contributed by atoms with van der Waals surface area (Å²) in [6.07, 6.45) is 12.4. The Morgan fingerprint density at radius 3 is 2.26 bits per heavy atom. The Labute approximate surface area is 335 Å². The minimum Gasteiger partial charge on any atom is -0.385 e. The minimum absolute atomic E-state index is 0.140. The monoisotopic (exact) mass is 783 g/mol. The van der Waals surface area contributed by atoms with Gasteiger partial charge >= 0.3 is 0 Å². The molecule has 2 heterocycles. The van der Waals surface area contributed by atoms with Gasteiger partial charge in [0, 0.05) is 45.2 Å². The number of rotatable bonds is 22. The summed E-state index contributed by atoms with van der Waals surface area (Å²) in [5.74, 6) is -0.571. The number of imidazole rings is 1. The number of aryl methyl sites for hydroxylation is 1.